The van der Waals surface area contributed by atoms with Crippen molar-refractivity contribution >= 4 is 5.69 Å². The lowest BCUT2D eigenvalue weighted by Crippen LogP contribution is -2.14. The first-order valence-electron chi connectivity index (χ1n) is 6.75. The highest BCUT2D eigenvalue weighted by Crippen LogP contribution is 2.18. The van der Waals surface area contributed by atoms with E-state index in [0.29, 0.717) is 24.3 Å². The second kappa shape index (κ2) is 6.87. The van der Waals surface area contributed by atoms with E-state index >= 15 is 0 Å². The molecule has 0 aliphatic rings. The van der Waals surface area contributed by atoms with E-state index in [1.807, 2.05) is 38.4 Å². The third-order valence-corrected chi connectivity index (χ3v) is 3.21. The van der Waals surface area contributed by atoms with Gasteiger partial charge in [-0.2, -0.15) is 5.26 Å². The Labute approximate surface area is 124 Å². The molecule has 0 aliphatic carbocycles. The minimum atomic E-state index is -0.217. The van der Waals surface area contributed by atoms with Gasteiger partial charge in [-0.15, -0.1) is 0 Å². The van der Waals surface area contributed by atoms with Gasteiger partial charge in [0, 0.05) is 27.2 Å². The summed E-state index contributed by atoms with van der Waals surface area (Å²) in [6.07, 6.45) is 0. The third kappa shape index (κ3) is 4.04. The first kappa shape index (κ1) is 15.0. The van der Waals surface area contributed by atoms with E-state index in [0.717, 1.165) is 11.1 Å². The van der Waals surface area contributed by atoms with E-state index in [9.17, 15) is 4.39 Å². The Hall–Kier alpha value is -2.38. The van der Waals surface area contributed by atoms with Gasteiger partial charge in [0.1, 0.15) is 5.82 Å². The lowest BCUT2D eigenvalue weighted by Gasteiger charge is -2.14. The molecule has 4 heteroatoms. The maximum atomic E-state index is 13.8. The van der Waals surface area contributed by atoms with Gasteiger partial charge in [-0.1, -0.05) is 18.2 Å². The molecule has 0 saturated carbocycles. The Morgan fingerprint density at radius 3 is 2.43 bits per heavy atom. The van der Waals surface area contributed by atoms with Crippen molar-refractivity contribution in [2.24, 2.45) is 0 Å². The summed E-state index contributed by atoms with van der Waals surface area (Å²) in [6, 6.07) is 14.8. The number of nitrogens with one attached hydrogen (secondary N) is 1. The Balaban J connectivity index is 1.94. The molecule has 0 aromatic heterocycles. The summed E-state index contributed by atoms with van der Waals surface area (Å²) in [5, 5.41) is 12.1. The average molecular weight is 283 g/mol. The van der Waals surface area contributed by atoms with E-state index in [1.165, 1.54) is 0 Å². The fourth-order valence-corrected chi connectivity index (χ4v) is 2.13. The van der Waals surface area contributed by atoms with Crippen LogP contribution in [-0.4, -0.2) is 14.1 Å². The summed E-state index contributed by atoms with van der Waals surface area (Å²) < 4.78 is 13.8. The van der Waals surface area contributed by atoms with E-state index in [-0.39, 0.29) is 5.82 Å². The highest BCUT2D eigenvalue weighted by Gasteiger charge is 2.05. The van der Waals surface area contributed by atoms with Crippen LogP contribution >= 0.6 is 0 Å². The molecule has 2 rings (SSSR count). The van der Waals surface area contributed by atoms with Gasteiger partial charge in [0.25, 0.3) is 0 Å². The fraction of sp³-hybridized carbons (Fsp3) is 0.235. The second-order valence-electron chi connectivity index (χ2n) is 5.10. The summed E-state index contributed by atoms with van der Waals surface area (Å²) in [6.45, 7) is 1.23. The zero-order chi connectivity index (χ0) is 15.2. The molecule has 2 aromatic rings. The smallest absolute Gasteiger partial charge is 0.146 e. The van der Waals surface area contributed by atoms with Crippen LogP contribution in [0.3, 0.4) is 0 Å². The number of hydrogen-bond acceptors (Lipinski definition) is 3. The summed E-state index contributed by atoms with van der Waals surface area (Å²) in [7, 11) is 3.64. The maximum absolute atomic E-state index is 13.8. The molecule has 2 aromatic carbocycles. The van der Waals surface area contributed by atoms with Crippen LogP contribution in [0.4, 0.5) is 10.1 Å². The predicted molar refractivity (Wildman–Crippen MR) is 82.4 cm³/mol. The van der Waals surface area contributed by atoms with Gasteiger partial charge in [0.15, 0.2) is 0 Å². The molecule has 3 nitrogen and oxygen atoms in total. The van der Waals surface area contributed by atoms with Crippen LogP contribution in [0.2, 0.25) is 0 Å². The predicted octanol–water partition coefficient (Wildman–Crippen LogP) is 3.05. The Morgan fingerprint density at radius 1 is 1.10 bits per heavy atom. The van der Waals surface area contributed by atoms with Gasteiger partial charge in [0.05, 0.1) is 17.3 Å². The van der Waals surface area contributed by atoms with Crippen molar-refractivity contribution in [2.45, 2.75) is 13.1 Å². The van der Waals surface area contributed by atoms with Gasteiger partial charge >= 0.3 is 0 Å². The highest BCUT2D eigenvalue weighted by atomic mass is 19.1. The first-order chi connectivity index (χ1) is 10.1. The Morgan fingerprint density at radius 2 is 1.81 bits per heavy atom. The topological polar surface area (TPSA) is 39.1 Å². The molecule has 108 valence electrons. The number of rotatable bonds is 5. The monoisotopic (exact) mass is 283 g/mol. The van der Waals surface area contributed by atoms with Crippen molar-refractivity contribution < 1.29 is 4.39 Å². The molecule has 0 heterocycles. The van der Waals surface area contributed by atoms with Gasteiger partial charge < -0.3 is 10.2 Å². The SMILES string of the molecule is CN(C)c1ccc(CNCc2cccc(C#N)c2)cc1F. The summed E-state index contributed by atoms with van der Waals surface area (Å²) in [5.74, 6) is -0.217. The molecule has 0 atom stereocenters. The number of hydrogen-bond donors (Lipinski definition) is 1. The van der Waals surface area contributed by atoms with Crippen molar-refractivity contribution in [2.75, 3.05) is 19.0 Å². The average Bonchev–Trinajstić information content (AvgIpc) is 2.47. The minimum absolute atomic E-state index is 0.217. The first-order valence-corrected chi connectivity index (χ1v) is 6.75. The van der Waals surface area contributed by atoms with E-state index in [1.54, 1.807) is 23.1 Å². The van der Waals surface area contributed by atoms with Crippen LogP contribution < -0.4 is 10.2 Å². The van der Waals surface area contributed by atoms with Crippen molar-refractivity contribution in [3.8, 4) is 6.07 Å². The van der Waals surface area contributed by atoms with Crippen LogP contribution in [0, 0.1) is 17.1 Å². The lowest BCUT2D eigenvalue weighted by molar-refractivity contribution is 0.618. The number of benzene rings is 2. The van der Waals surface area contributed by atoms with Crippen molar-refractivity contribution in [1.82, 2.24) is 5.32 Å². The van der Waals surface area contributed by atoms with Crippen LogP contribution in [0.25, 0.3) is 0 Å². The molecular formula is C17H18FN3. The van der Waals surface area contributed by atoms with Gasteiger partial charge in [-0.05, 0) is 35.4 Å². The highest BCUT2D eigenvalue weighted by molar-refractivity contribution is 5.47. The van der Waals surface area contributed by atoms with Crippen LogP contribution in [-0.2, 0) is 13.1 Å². The number of nitriles is 1. The number of nitrogens with zero attached hydrogens (tertiary/aromatic N) is 2. The molecule has 1 N–H and O–H groups in total. The zero-order valence-corrected chi connectivity index (χ0v) is 12.2. The normalized spacial score (nSPS) is 10.2. The minimum Gasteiger partial charge on any atom is -0.375 e. The Kier molecular flexibility index (Phi) is 4.91. The summed E-state index contributed by atoms with van der Waals surface area (Å²) >= 11 is 0. The molecule has 0 saturated heterocycles. The summed E-state index contributed by atoms with van der Waals surface area (Å²) in [4.78, 5) is 1.75. The molecule has 21 heavy (non-hydrogen) atoms. The molecule has 0 radical (unpaired) electrons. The number of anilines is 1. The molecule has 0 bridgehead atoms. The van der Waals surface area contributed by atoms with Gasteiger partial charge in [-0.3, -0.25) is 0 Å². The number of halogens is 1. The van der Waals surface area contributed by atoms with Crippen LogP contribution in [0.1, 0.15) is 16.7 Å². The fourth-order valence-electron chi connectivity index (χ4n) is 2.13. The standard InChI is InChI=1S/C17H18FN3/c1-21(2)17-7-6-15(9-16(17)18)12-20-11-14-5-3-4-13(8-14)10-19/h3-9,20H,11-12H2,1-2H3. The molecule has 0 amide bonds. The third-order valence-electron chi connectivity index (χ3n) is 3.21. The van der Waals surface area contributed by atoms with Crippen molar-refractivity contribution in [3.05, 3.63) is 65.0 Å². The van der Waals surface area contributed by atoms with Crippen molar-refractivity contribution in [3.63, 3.8) is 0 Å². The van der Waals surface area contributed by atoms with E-state index < -0.39 is 0 Å². The van der Waals surface area contributed by atoms with Crippen LogP contribution in [0.5, 0.6) is 0 Å². The van der Waals surface area contributed by atoms with Crippen molar-refractivity contribution in [1.29, 1.82) is 5.26 Å². The quantitative estimate of drug-likeness (QED) is 0.916. The van der Waals surface area contributed by atoms with Gasteiger partial charge in [-0.25, -0.2) is 4.39 Å². The summed E-state index contributed by atoms with van der Waals surface area (Å²) in [5.41, 5.74) is 3.17. The molecule has 0 spiro atoms. The Bertz CT molecular complexity index is 659. The molecule has 0 unspecified atom stereocenters. The van der Waals surface area contributed by atoms with E-state index in [4.69, 9.17) is 5.26 Å². The van der Waals surface area contributed by atoms with Crippen LogP contribution in [0.15, 0.2) is 42.5 Å². The zero-order valence-electron chi connectivity index (χ0n) is 12.2. The van der Waals surface area contributed by atoms with E-state index in [2.05, 4.69) is 11.4 Å². The maximum Gasteiger partial charge on any atom is 0.146 e. The lowest BCUT2D eigenvalue weighted by atomic mass is 10.1. The largest absolute Gasteiger partial charge is 0.375 e. The molecule has 0 fully saturated rings. The molecule has 0 aliphatic heterocycles. The van der Waals surface area contributed by atoms with Gasteiger partial charge in [0.2, 0.25) is 0 Å². The second-order valence-corrected chi connectivity index (χ2v) is 5.10. The molecular weight excluding hydrogens is 265 g/mol.